The monoisotopic (exact) mass is 261 g/mol. The number of aliphatic hydroxyl groups excluding tert-OH is 2. The molecule has 0 bridgehead atoms. The number of nitrogen functional groups attached to an aromatic ring is 1. The Morgan fingerprint density at radius 2 is 2.00 bits per heavy atom. The molecule has 0 aliphatic carbocycles. The third-order valence-corrected chi connectivity index (χ3v) is 3.54. The molecular weight excluding hydrogens is 242 g/mol. The first kappa shape index (κ1) is 13.6. The van der Waals surface area contributed by atoms with Crippen molar-refractivity contribution in [3.8, 4) is 0 Å². The Morgan fingerprint density at radius 1 is 1.26 bits per heavy atom. The van der Waals surface area contributed by atoms with Crippen LogP contribution >= 0.6 is 0 Å². The third-order valence-electron chi connectivity index (χ3n) is 3.54. The van der Waals surface area contributed by atoms with Gasteiger partial charge in [-0.2, -0.15) is 0 Å². The van der Waals surface area contributed by atoms with Crippen LogP contribution in [-0.4, -0.2) is 33.9 Å². The number of benzene rings is 1. The largest absolute Gasteiger partial charge is 0.397 e. The number of nitrogens with one attached hydrogen (secondary N) is 1. The van der Waals surface area contributed by atoms with Gasteiger partial charge in [0, 0.05) is 23.2 Å². The highest BCUT2D eigenvalue weighted by Crippen LogP contribution is 2.30. The van der Waals surface area contributed by atoms with Crippen molar-refractivity contribution in [3.05, 3.63) is 30.6 Å². The number of hydrogen-bond acceptors (Lipinski definition) is 5. The van der Waals surface area contributed by atoms with Crippen molar-refractivity contribution >= 4 is 22.1 Å². The Balaban J connectivity index is 2.43. The van der Waals surface area contributed by atoms with E-state index in [2.05, 4.69) is 10.3 Å². The second-order valence-electron chi connectivity index (χ2n) is 4.70. The number of anilines is 2. The summed E-state index contributed by atoms with van der Waals surface area (Å²) in [5.74, 6) is 0. The molecule has 0 aliphatic heterocycles. The van der Waals surface area contributed by atoms with Crippen molar-refractivity contribution in [2.24, 2.45) is 0 Å². The van der Waals surface area contributed by atoms with Gasteiger partial charge in [0.1, 0.15) is 0 Å². The van der Waals surface area contributed by atoms with Crippen molar-refractivity contribution in [1.29, 1.82) is 0 Å². The van der Waals surface area contributed by atoms with E-state index in [1.165, 1.54) is 0 Å². The molecule has 5 heteroatoms. The zero-order chi connectivity index (χ0) is 13.9. The van der Waals surface area contributed by atoms with Crippen LogP contribution in [0.3, 0.4) is 0 Å². The van der Waals surface area contributed by atoms with Crippen molar-refractivity contribution in [2.75, 3.05) is 24.3 Å². The first-order valence-electron chi connectivity index (χ1n) is 6.28. The first-order valence-corrected chi connectivity index (χ1v) is 6.28. The van der Waals surface area contributed by atoms with Crippen molar-refractivity contribution < 1.29 is 10.2 Å². The molecule has 2 aromatic rings. The van der Waals surface area contributed by atoms with E-state index in [0.717, 1.165) is 10.8 Å². The number of aromatic nitrogens is 1. The molecule has 2 rings (SSSR count). The van der Waals surface area contributed by atoms with Gasteiger partial charge >= 0.3 is 0 Å². The van der Waals surface area contributed by atoms with Crippen molar-refractivity contribution in [1.82, 2.24) is 4.98 Å². The SMILES string of the molecule is CCC(CO)(CO)Nc1ccc2cnccc2c1N. The topological polar surface area (TPSA) is 91.4 Å². The molecular formula is C14H19N3O2. The lowest BCUT2D eigenvalue weighted by Crippen LogP contribution is -2.45. The van der Waals surface area contributed by atoms with E-state index in [9.17, 15) is 10.2 Å². The van der Waals surface area contributed by atoms with Crippen LogP contribution in [0.5, 0.6) is 0 Å². The van der Waals surface area contributed by atoms with E-state index < -0.39 is 5.54 Å². The van der Waals surface area contributed by atoms with Crippen LogP contribution in [0.15, 0.2) is 30.6 Å². The Hall–Kier alpha value is -1.85. The van der Waals surface area contributed by atoms with Crippen molar-refractivity contribution in [2.45, 2.75) is 18.9 Å². The molecule has 5 nitrogen and oxygen atoms in total. The van der Waals surface area contributed by atoms with Crippen LogP contribution in [0.1, 0.15) is 13.3 Å². The van der Waals surface area contributed by atoms with E-state index in [1.54, 1.807) is 12.4 Å². The summed E-state index contributed by atoms with van der Waals surface area (Å²) in [4.78, 5) is 4.05. The highest BCUT2D eigenvalue weighted by atomic mass is 16.3. The number of nitrogens with two attached hydrogens (primary N) is 1. The van der Waals surface area contributed by atoms with E-state index in [1.807, 2.05) is 25.1 Å². The van der Waals surface area contributed by atoms with E-state index in [-0.39, 0.29) is 13.2 Å². The van der Waals surface area contributed by atoms with Gasteiger partial charge in [-0.15, -0.1) is 0 Å². The summed E-state index contributed by atoms with van der Waals surface area (Å²) in [6.07, 6.45) is 4.03. The van der Waals surface area contributed by atoms with Crippen LogP contribution in [0.4, 0.5) is 11.4 Å². The maximum atomic E-state index is 9.47. The lowest BCUT2D eigenvalue weighted by molar-refractivity contribution is 0.132. The molecule has 0 amide bonds. The summed E-state index contributed by atoms with van der Waals surface area (Å²) >= 11 is 0. The summed E-state index contributed by atoms with van der Waals surface area (Å²) in [5, 5.41) is 24.0. The molecule has 0 atom stereocenters. The average molecular weight is 261 g/mol. The number of rotatable bonds is 5. The smallest absolute Gasteiger partial charge is 0.0832 e. The van der Waals surface area contributed by atoms with Gasteiger partial charge < -0.3 is 21.3 Å². The third kappa shape index (κ3) is 2.47. The Bertz CT molecular complexity index is 559. The molecule has 0 spiro atoms. The fourth-order valence-electron chi connectivity index (χ4n) is 2.03. The molecule has 0 saturated heterocycles. The van der Waals surface area contributed by atoms with Crippen LogP contribution in [0.2, 0.25) is 0 Å². The van der Waals surface area contributed by atoms with Gasteiger partial charge in [-0.1, -0.05) is 13.0 Å². The number of hydrogen-bond donors (Lipinski definition) is 4. The molecule has 102 valence electrons. The number of nitrogens with zero attached hydrogens (tertiary/aromatic N) is 1. The van der Waals surface area contributed by atoms with Gasteiger partial charge in [-0.3, -0.25) is 4.98 Å². The highest BCUT2D eigenvalue weighted by Gasteiger charge is 2.27. The molecule has 0 unspecified atom stereocenters. The summed E-state index contributed by atoms with van der Waals surface area (Å²) in [6.45, 7) is 1.59. The molecule has 1 aromatic carbocycles. The maximum absolute atomic E-state index is 9.47. The van der Waals surface area contributed by atoms with Crippen molar-refractivity contribution in [3.63, 3.8) is 0 Å². The Morgan fingerprint density at radius 3 is 2.63 bits per heavy atom. The van der Waals surface area contributed by atoms with Crippen LogP contribution in [-0.2, 0) is 0 Å². The number of aliphatic hydroxyl groups is 2. The summed E-state index contributed by atoms with van der Waals surface area (Å²) in [6, 6.07) is 5.60. The van der Waals surface area contributed by atoms with Crippen LogP contribution < -0.4 is 11.1 Å². The zero-order valence-electron chi connectivity index (χ0n) is 10.9. The fraction of sp³-hybridized carbons (Fsp3) is 0.357. The molecule has 5 N–H and O–H groups in total. The average Bonchev–Trinajstić information content (AvgIpc) is 2.48. The van der Waals surface area contributed by atoms with Crippen LogP contribution in [0, 0.1) is 0 Å². The Kier molecular flexibility index (Phi) is 3.87. The Labute approximate surface area is 112 Å². The lowest BCUT2D eigenvalue weighted by atomic mass is 9.97. The number of fused-ring (bicyclic) bond motifs is 1. The minimum Gasteiger partial charge on any atom is -0.397 e. The molecule has 0 radical (unpaired) electrons. The first-order chi connectivity index (χ1) is 9.15. The van der Waals surface area contributed by atoms with E-state index in [4.69, 9.17) is 5.73 Å². The molecule has 0 fully saturated rings. The maximum Gasteiger partial charge on any atom is 0.0832 e. The number of pyridine rings is 1. The zero-order valence-corrected chi connectivity index (χ0v) is 10.9. The van der Waals surface area contributed by atoms with Gasteiger partial charge in [-0.25, -0.2) is 0 Å². The normalized spacial score (nSPS) is 11.7. The second-order valence-corrected chi connectivity index (χ2v) is 4.70. The summed E-state index contributed by atoms with van der Waals surface area (Å²) in [7, 11) is 0. The minimum absolute atomic E-state index is 0.159. The quantitative estimate of drug-likeness (QED) is 0.610. The van der Waals surface area contributed by atoms with Gasteiger partial charge in [0.2, 0.25) is 0 Å². The predicted octanol–water partition coefficient (Wildman–Crippen LogP) is 1.36. The molecule has 1 heterocycles. The predicted molar refractivity (Wildman–Crippen MR) is 77.0 cm³/mol. The highest BCUT2D eigenvalue weighted by molar-refractivity contribution is 5.98. The fourth-order valence-corrected chi connectivity index (χ4v) is 2.03. The minimum atomic E-state index is -0.755. The second kappa shape index (κ2) is 5.42. The standard InChI is InChI=1S/C14H19N3O2/c1-2-14(8-18,9-19)17-12-4-3-10-7-16-6-5-11(10)13(12)15/h3-7,17-19H,2,8-9,15H2,1H3. The summed E-state index contributed by atoms with van der Waals surface area (Å²) in [5.41, 5.74) is 6.69. The van der Waals surface area contributed by atoms with E-state index >= 15 is 0 Å². The molecule has 19 heavy (non-hydrogen) atoms. The molecule has 0 aliphatic rings. The van der Waals surface area contributed by atoms with Crippen LogP contribution in [0.25, 0.3) is 10.8 Å². The van der Waals surface area contributed by atoms with Gasteiger partial charge in [0.15, 0.2) is 0 Å². The molecule has 0 saturated carbocycles. The summed E-state index contributed by atoms with van der Waals surface area (Å²) < 4.78 is 0. The van der Waals surface area contributed by atoms with Gasteiger partial charge in [0.25, 0.3) is 0 Å². The molecule has 1 aromatic heterocycles. The van der Waals surface area contributed by atoms with Gasteiger partial charge in [0.05, 0.1) is 30.1 Å². The van der Waals surface area contributed by atoms with E-state index in [0.29, 0.717) is 17.8 Å². The van der Waals surface area contributed by atoms with Gasteiger partial charge in [-0.05, 0) is 18.6 Å². The lowest BCUT2D eigenvalue weighted by Gasteiger charge is -2.31.